The fourth-order valence-electron chi connectivity index (χ4n) is 2.31. The molecule has 1 N–H and O–H groups in total. The van der Waals surface area contributed by atoms with Crippen molar-refractivity contribution < 1.29 is 9.63 Å². The van der Waals surface area contributed by atoms with Crippen LogP contribution in [0, 0.1) is 0 Å². The van der Waals surface area contributed by atoms with Gasteiger partial charge >= 0.3 is 6.03 Å². The molecule has 0 spiro atoms. The summed E-state index contributed by atoms with van der Waals surface area (Å²) in [5, 5.41) is 8.00. The summed E-state index contributed by atoms with van der Waals surface area (Å²) in [5.74, 6) is 0. The van der Waals surface area contributed by atoms with Gasteiger partial charge in [-0.3, -0.25) is 0 Å². The summed E-state index contributed by atoms with van der Waals surface area (Å²) in [6, 6.07) is 5.39. The Morgan fingerprint density at radius 3 is 2.78 bits per heavy atom. The predicted octanol–water partition coefficient (Wildman–Crippen LogP) is 3.93. The van der Waals surface area contributed by atoms with Gasteiger partial charge in [0.2, 0.25) is 0 Å². The quantitative estimate of drug-likeness (QED) is 0.867. The summed E-state index contributed by atoms with van der Waals surface area (Å²) in [6.45, 7) is 6.91. The Hall–Kier alpha value is -1.46. The van der Waals surface area contributed by atoms with E-state index in [-0.39, 0.29) is 18.2 Å². The number of urea groups is 1. The van der Waals surface area contributed by atoms with E-state index in [4.69, 9.17) is 28.0 Å². The third kappa shape index (κ3) is 4.75. The van der Waals surface area contributed by atoms with E-state index in [9.17, 15) is 4.79 Å². The summed E-state index contributed by atoms with van der Waals surface area (Å²) >= 11 is 12.0. The van der Waals surface area contributed by atoms with E-state index >= 15 is 0 Å². The largest absolute Gasteiger partial charge is 0.390 e. The third-order valence-corrected chi connectivity index (χ3v) is 4.23. The number of nitrogens with zero attached hydrogens (tertiary/aromatic N) is 2. The van der Waals surface area contributed by atoms with Crippen molar-refractivity contribution in [3.63, 3.8) is 0 Å². The molecule has 1 aliphatic rings. The minimum atomic E-state index is -0.155. The zero-order valence-electron chi connectivity index (χ0n) is 13.5. The van der Waals surface area contributed by atoms with Crippen molar-refractivity contribution in [2.45, 2.75) is 39.3 Å². The molecule has 1 atom stereocenters. The minimum absolute atomic E-state index is 0.0888. The number of carbonyl (C=O) groups excluding carboxylic acids is 1. The lowest BCUT2D eigenvalue weighted by molar-refractivity contribution is 0.0614. The first kappa shape index (κ1) is 17.9. The standard InChI is InChI=1S/C16H21Cl2N3O2/c1-4-21(16(22)19-10(2)3)9-12-8-15(20-23-12)11-5-6-13(17)14(18)7-11/h5-7,10,12H,4,8-9H2,1-3H3,(H,19,22)/t12-/m1/s1. The number of rotatable bonds is 5. The third-order valence-electron chi connectivity index (χ3n) is 3.49. The van der Waals surface area contributed by atoms with Crippen molar-refractivity contribution in [1.29, 1.82) is 0 Å². The molecule has 5 nitrogen and oxygen atoms in total. The van der Waals surface area contributed by atoms with Gasteiger partial charge in [0.15, 0.2) is 6.10 Å². The molecular weight excluding hydrogens is 337 g/mol. The van der Waals surface area contributed by atoms with Crippen LogP contribution in [0.15, 0.2) is 23.4 Å². The fourth-order valence-corrected chi connectivity index (χ4v) is 2.61. The van der Waals surface area contributed by atoms with Crippen molar-refractivity contribution in [1.82, 2.24) is 10.2 Å². The van der Waals surface area contributed by atoms with Crippen LogP contribution in [0.1, 0.15) is 32.8 Å². The number of hydrogen-bond donors (Lipinski definition) is 1. The number of likely N-dealkylation sites (N-methyl/N-ethyl adjacent to an activating group) is 1. The van der Waals surface area contributed by atoms with E-state index in [1.165, 1.54) is 0 Å². The number of amides is 2. The Kier molecular flexibility index (Phi) is 6.13. The number of benzene rings is 1. The van der Waals surface area contributed by atoms with Gasteiger partial charge in [-0.15, -0.1) is 0 Å². The van der Waals surface area contributed by atoms with Crippen LogP contribution < -0.4 is 5.32 Å². The lowest BCUT2D eigenvalue weighted by Gasteiger charge is -2.24. The van der Waals surface area contributed by atoms with Crippen LogP contribution >= 0.6 is 23.2 Å². The van der Waals surface area contributed by atoms with Gasteiger partial charge in [-0.05, 0) is 32.9 Å². The summed E-state index contributed by atoms with van der Waals surface area (Å²) in [5.41, 5.74) is 1.70. The highest BCUT2D eigenvalue weighted by molar-refractivity contribution is 6.42. The van der Waals surface area contributed by atoms with Crippen molar-refractivity contribution in [2.24, 2.45) is 5.16 Å². The van der Waals surface area contributed by atoms with E-state index < -0.39 is 0 Å². The monoisotopic (exact) mass is 357 g/mol. The van der Waals surface area contributed by atoms with Crippen molar-refractivity contribution in [3.8, 4) is 0 Å². The maximum Gasteiger partial charge on any atom is 0.317 e. The van der Waals surface area contributed by atoms with Crippen molar-refractivity contribution in [3.05, 3.63) is 33.8 Å². The molecule has 0 fully saturated rings. The predicted molar refractivity (Wildman–Crippen MR) is 93.4 cm³/mol. The molecule has 0 radical (unpaired) electrons. The normalized spacial score (nSPS) is 17.0. The van der Waals surface area contributed by atoms with Crippen LogP contribution in [0.2, 0.25) is 10.0 Å². The maximum absolute atomic E-state index is 12.1. The molecule has 1 heterocycles. The van der Waals surface area contributed by atoms with Crippen molar-refractivity contribution >= 4 is 34.9 Å². The average molecular weight is 358 g/mol. The Balaban J connectivity index is 1.95. The number of oxime groups is 1. The lowest BCUT2D eigenvalue weighted by Crippen LogP contribution is -2.45. The molecule has 1 aromatic rings. The molecule has 0 saturated carbocycles. The zero-order chi connectivity index (χ0) is 17.0. The molecule has 23 heavy (non-hydrogen) atoms. The summed E-state index contributed by atoms with van der Waals surface area (Å²) in [6.07, 6.45) is 0.473. The summed E-state index contributed by atoms with van der Waals surface area (Å²) in [4.78, 5) is 19.3. The van der Waals surface area contributed by atoms with Gasteiger partial charge in [0.05, 0.1) is 22.3 Å². The average Bonchev–Trinajstić information content (AvgIpc) is 2.95. The Morgan fingerprint density at radius 1 is 1.43 bits per heavy atom. The van der Waals surface area contributed by atoms with Crippen LogP contribution in [-0.2, 0) is 4.84 Å². The Labute approximate surface area is 146 Å². The molecule has 1 aliphatic heterocycles. The molecule has 2 amide bonds. The van der Waals surface area contributed by atoms with Crippen molar-refractivity contribution in [2.75, 3.05) is 13.1 Å². The highest BCUT2D eigenvalue weighted by Crippen LogP contribution is 2.25. The van der Waals surface area contributed by atoms with E-state index in [2.05, 4.69) is 10.5 Å². The Morgan fingerprint density at radius 2 is 2.17 bits per heavy atom. The summed E-state index contributed by atoms with van der Waals surface area (Å²) in [7, 11) is 0. The molecular formula is C16H21Cl2N3O2. The smallest absolute Gasteiger partial charge is 0.317 e. The molecule has 0 saturated heterocycles. The number of halogens is 2. The van der Waals surface area contributed by atoms with Gasteiger partial charge in [0.25, 0.3) is 0 Å². The van der Waals surface area contributed by atoms with Gasteiger partial charge < -0.3 is 15.1 Å². The maximum atomic E-state index is 12.1. The second kappa shape index (κ2) is 7.88. The van der Waals surface area contributed by atoms with Gasteiger partial charge in [-0.25, -0.2) is 4.79 Å². The SMILES string of the molecule is CCN(C[C@H]1CC(c2ccc(Cl)c(Cl)c2)=NO1)C(=O)NC(C)C. The fraction of sp³-hybridized carbons (Fsp3) is 0.500. The molecule has 7 heteroatoms. The molecule has 0 unspecified atom stereocenters. The number of carbonyl (C=O) groups is 1. The van der Waals surface area contributed by atoms with Crippen LogP contribution in [-0.4, -0.2) is 41.9 Å². The molecule has 1 aromatic carbocycles. The lowest BCUT2D eigenvalue weighted by atomic mass is 10.0. The van der Waals surface area contributed by atoms with E-state index in [1.54, 1.807) is 17.0 Å². The van der Waals surface area contributed by atoms with Gasteiger partial charge in [-0.2, -0.15) is 0 Å². The second-order valence-electron chi connectivity index (χ2n) is 5.74. The van der Waals surface area contributed by atoms with Crippen LogP contribution in [0.5, 0.6) is 0 Å². The first-order valence-corrected chi connectivity index (χ1v) is 8.39. The Bertz CT molecular complexity index is 605. The van der Waals surface area contributed by atoms with E-state index in [0.29, 0.717) is 29.6 Å². The van der Waals surface area contributed by atoms with E-state index in [0.717, 1.165) is 11.3 Å². The molecule has 2 rings (SSSR count). The van der Waals surface area contributed by atoms with E-state index in [1.807, 2.05) is 26.8 Å². The van der Waals surface area contributed by atoms with Gasteiger partial charge in [0.1, 0.15) is 0 Å². The second-order valence-corrected chi connectivity index (χ2v) is 6.56. The van der Waals surface area contributed by atoms with Gasteiger partial charge in [-0.1, -0.05) is 34.4 Å². The summed E-state index contributed by atoms with van der Waals surface area (Å²) < 4.78 is 0. The first-order valence-electron chi connectivity index (χ1n) is 7.64. The van der Waals surface area contributed by atoms with Crippen LogP contribution in [0.25, 0.3) is 0 Å². The topological polar surface area (TPSA) is 53.9 Å². The molecule has 0 aliphatic carbocycles. The van der Waals surface area contributed by atoms with Crippen LogP contribution in [0.4, 0.5) is 4.79 Å². The zero-order valence-corrected chi connectivity index (χ0v) is 15.0. The first-order chi connectivity index (χ1) is 10.9. The highest BCUT2D eigenvalue weighted by Gasteiger charge is 2.26. The molecule has 126 valence electrons. The highest BCUT2D eigenvalue weighted by atomic mass is 35.5. The van der Waals surface area contributed by atoms with Gasteiger partial charge in [0, 0.05) is 24.6 Å². The molecule has 0 aromatic heterocycles. The van der Waals surface area contributed by atoms with Crippen LogP contribution in [0.3, 0.4) is 0 Å². The number of nitrogens with one attached hydrogen (secondary N) is 1. The number of hydrogen-bond acceptors (Lipinski definition) is 3. The minimum Gasteiger partial charge on any atom is -0.390 e. The molecule has 0 bridgehead atoms.